The molecule has 0 aromatic heterocycles. The summed E-state index contributed by atoms with van der Waals surface area (Å²) >= 11 is 5.92. The number of fused-ring (bicyclic) bond motifs is 1. The average molecular weight is 311 g/mol. The second-order valence-corrected chi connectivity index (χ2v) is 5.85. The molecule has 1 aromatic rings. The van der Waals surface area contributed by atoms with E-state index in [-0.39, 0.29) is 17.5 Å². The molecule has 0 saturated carbocycles. The van der Waals surface area contributed by atoms with Gasteiger partial charge in [0.05, 0.1) is 5.69 Å². The number of halogens is 2. The summed E-state index contributed by atoms with van der Waals surface area (Å²) < 4.78 is 14.1. The summed E-state index contributed by atoms with van der Waals surface area (Å²) in [6.45, 7) is 2.43. The lowest BCUT2D eigenvalue weighted by Gasteiger charge is -2.42. The van der Waals surface area contributed by atoms with E-state index in [1.807, 2.05) is 6.92 Å². The molecule has 6 heteroatoms. The second-order valence-electron chi connectivity index (χ2n) is 5.42. The number of hydrogen-bond acceptors (Lipinski definition) is 2. The van der Waals surface area contributed by atoms with Gasteiger partial charge in [0.2, 0.25) is 5.91 Å². The van der Waals surface area contributed by atoms with Gasteiger partial charge in [0.25, 0.3) is 5.91 Å². The van der Waals surface area contributed by atoms with Gasteiger partial charge in [-0.05, 0) is 37.5 Å². The number of carbonyl (C=O) groups is 2. The van der Waals surface area contributed by atoms with Crippen LogP contribution in [-0.2, 0) is 9.59 Å². The Hall–Kier alpha value is -1.62. The topological polar surface area (TPSA) is 40.6 Å². The highest BCUT2D eigenvalue weighted by molar-refractivity contribution is 6.31. The van der Waals surface area contributed by atoms with Crippen LogP contribution in [0.1, 0.15) is 26.2 Å². The average Bonchev–Trinajstić information content (AvgIpc) is 2.95. The van der Waals surface area contributed by atoms with Crippen LogP contribution >= 0.6 is 11.6 Å². The van der Waals surface area contributed by atoms with Gasteiger partial charge in [0, 0.05) is 11.6 Å². The molecule has 2 atom stereocenters. The van der Waals surface area contributed by atoms with Gasteiger partial charge < -0.3 is 4.90 Å². The van der Waals surface area contributed by atoms with Gasteiger partial charge in [-0.1, -0.05) is 18.5 Å². The van der Waals surface area contributed by atoms with Gasteiger partial charge >= 0.3 is 0 Å². The number of hydrogen-bond donors (Lipinski definition) is 0. The highest BCUT2D eigenvalue weighted by Gasteiger charge is 2.48. The Bertz CT molecular complexity index is 607. The van der Waals surface area contributed by atoms with Gasteiger partial charge in [-0.3, -0.25) is 14.5 Å². The van der Waals surface area contributed by atoms with Crippen LogP contribution in [0, 0.1) is 5.82 Å². The van der Waals surface area contributed by atoms with Crippen molar-refractivity contribution in [1.82, 2.24) is 4.90 Å². The van der Waals surface area contributed by atoms with Crippen molar-refractivity contribution in [1.29, 1.82) is 0 Å². The van der Waals surface area contributed by atoms with Crippen LogP contribution in [0.2, 0.25) is 5.02 Å². The van der Waals surface area contributed by atoms with Crippen LogP contribution in [0.15, 0.2) is 18.2 Å². The summed E-state index contributed by atoms with van der Waals surface area (Å²) in [5.74, 6) is -0.843. The first-order valence-corrected chi connectivity index (χ1v) is 7.51. The molecule has 0 N–H and O–H groups in total. The first-order valence-electron chi connectivity index (χ1n) is 7.13. The van der Waals surface area contributed by atoms with Gasteiger partial charge in [0.15, 0.2) is 0 Å². The van der Waals surface area contributed by atoms with Crippen molar-refractivity contribution < 1.29 is 14.0 Å². The van der Waals surface area contributed by atoms with E-state index in [2.05, 4.69) is 0 Å². The highest BCUT2D eigenvalue weighted by atomic mass is 35.5. The van der Waals surface area contributed by atoms with Crippen LogP contribution in [0.4, 0.5) is 10.1 Å². The Kier molecular flexibility index (Phi) is 3.61. The summed E-state index contributed by atoms with van der Waals surface area (Å²) in [4.78, 5) is 28.2. The minimum atomic E-state index is -0.653. The molecule has 2 aliphatic heterocycles. The largest absolute Gasteiger partial charge is 0.329 e. The fourth-order valence-corrected chi connectivity index (χ4v) is 3.38. The lowest BCUT2D eigenvalue weighted by molar-refractivity contribution is -0.144. The van der Waals surface area contributed by atoms with E-state index in [4.69, 9.17) is 11.6 Å². The number of nitrogens with zero attached hydrogens (tertiary/aromatic N) is 2. The Morgan fingerprint density at radius 1 is 1.33 bits per heavy atom. The molecular weight excluding hydrogens is 295 g/mol. The summed E-state index contributed by atoms with van der Waals surface area (Å²) in [6.07, 6.45) is 1.89. The molecule has 2 fully saturated rings. The Morgan fingerprint density at radius 3 is 2.81 bits per heavy atom. The van der Waals surface area contributed by atoms with Crippen molar-refractivity contribution in [2.24, 2.45) is 0 Å². The molecule has 4 nitrogen and oxygen atoms in total. The maximum absolute atomic E-state index is 14.1. The van der Waals surface area contributed by atoms with E-state index in [0.29, 0.717) is 24.4 Å². The van der Waals surface area contributed by atoms with Crippen molar-refractivity contribution in [3.63, 3.8) is 0 Å². The van der Waals surface area contributed by atoms with Gasteiger partial charge in [-0.15, -0.1) is 0 Å². The monoisotopic (exact) mass is 310 g/mol. The molecule has 2 aliphatic rings. The van der Waals surface area contributed by atoms with Crippen LogP contribution in [0.3, 0.4) is 0 Å². The van der Waals surface area contributed by atoms with E-state index in [0.717, 1.165) is 6.42 Å². The molecule has 2 unspecified atom stereocenters. The molecule has 1 aromatic carbocycles. The third kappa shape index (κ3) is 2.20. The van der Waals surface area contributed by atoms with Crippen molar-refractivity contribution in [3.8, 4) is 0 Å². The lowest BCUT2D eigenvalue weighted by atomic mass is 10.0. The van der Waals surface area contributed by atoms with Gasteiger partial charge in [-0.25, -0.2) is 4.39 Å². The highest BCUT2D eigenvalue weighted by Crippen LogP contribution is 2.34. The summed E-state index contributed by atoms with van der Waals surface area (Å²) in [7, 11) is 0. The van der Waals surface area contributed by atoms with Crippen LogP contribution < -0.4 is 4.90 Å². The summed E-state index contributed by atoms with van der Waals surface area (Å²) in [6, 6.07) is 2.95. The molecule has 0 spiro atoms. The zero-order chi connectivity index (χ0) is 15.1. The number of piperazine rings is 1. The molecule has 2 heterocycles. The minimum Gasteiger partial charge on any atom is -0.329 e. The number of rotatable bonds is 2. The van der Waals surface area contributed by atoms with Gasteiger partial charge in [0.1, 0.15) is 17.9 Å². The van der Waals surface area contributed by atoms with Crippen LogP contribution in [0.25, 0.3) is 0 Å². The summed E-state index contributed by atoms with van der Waals surface area (Å²) in [5, 5.41) is 0.343. The van der Waals surface area contributed by atoms with E-state index in [1.54, 1.807) is 4.90 Å². The van der Waals surface area contributed by atoms with E-state index < -0.39 is 17.9 Å². The van der Waals surface area contributed by atoms with Crippen LogP contribution in [0.5, 0.6) is 0 Å². The molecule has 0 bridgehead atoms. The Labute approximate surface area is 127 Å². The number of carbonyl (C=O) groups excluding carboxylic acids is 2. The second kappa shape index (κ2) is 5.30. The lowest BCUT2D eigenvalue weighted by Crippen LogP contribution is -2.63. The predicted molar refractivity (Wildman–Crippen MR) is 77.7 cm³/mol. The molecular formula is C15H16ClFN2O2. The van der Waals surface area contributed by atoms with E-state index in [1.165, 1.54) is 23.1 Å². The maximum Gasteiger partial charge on any atom is 0.250 e. The molecule has 112 valence electrons. The SMILES string of the molecule is CCC1C(=O)N2CCCC2C(=O)N1c1cc(Cl)ccc1F. The first kappa shape index (κ1) is 14.3. The Balaban J connectivity index is 2.08. The number of amides is 2. The third-order valence-electron chi connectivity index (χ3n) is 4.21. The fraction of sp³-hybridized carbons (Fsp3) is 0.467. The minimum absolute atomic E-state index is 0.0965. The fourth-order valence-electron chi connectivity index (χ4n) is 3.22. The quantitative estimate of drug-likeness (QED) is 0.842. The first-order chi connectivity index (χ1) is 10.0. The van der Waals surface area contributed by atoms with Crippen molar-refractivity contribution >= 4 is 29.1 Å². The van der Waals surface area contributed by atoms with Crippen molar-refractivity contribution in [3.05, 3.63) is 29.0 Å². The van der Waals surface area contributed by atoms with Gasteiger partial charge in [-0.2, -0.15) is 0 Å². The standard InChI is InChI=1S/C15H16ClFN2O2/c1-2-11-14(20)18-7-3-4-12(18)15(21)19(11)13-8-9(16)5-6-10(13)17/h5-6,8,11-12H,2-4,7H2,1H3. The van der Waals surface area contributed by atoms with E-state index >= 15 is 0 Å². The zero-order valence-corrected chi connectivity index (χ0v) is 12.4. The molecule has 21 heavy (non-hydrogen) atoms. The third-order valence-corrected chi connectivity index (χ3v) is 4.44. The van der Waals surface area contributed by atoms with Crippen LogP contribution in [-0.4, -0.2) is 35.3 Å². The molecule has 2 amide bonds. The van der Waals surface area contributed by atoms with Crippen molar-refractivity contribution in [2.45, 2.75) is 38.3 Å². The predicted octanol–water partition coefficient (Wildman–Crippen LogP) is 2.60. The molecule has 0 radical (unpaired) electrons. The van der Waals surface area contributed by atoms with E-state index in [9.17, 15) is 14.0 Å². The molecule has 2 saturated heterocycles. The maximum atomic E-state index is 14.1. The number of anilines is 1. The smallest absolute Gasteiger partial charge is 0.250 e. The zero-order valence-electron chi connectivity index (χ0n) is 11.7. The van der Waals surface area contributed by atoms with Crippen molar-refractivity contribution in [2.75, 3.05) is 11.4 Å². The normalized spacial score (nSPS) is 25.5. The Morgan fingerprint density at radius 2 is 2.10 bits per heavy atom. The molecule has 3 rings (SSSR count). The number of benzene rings is 1. The summed E-state index contributed by atoms with van der Waals surface area (Å²) in [5.41, 5.74) is 0.0965. The molecule has 0 aliphatic carbocycles.